The summed E-state index contributed by atoms with van der Waals surface area (Å²) in [6.07, 6.45) is 2.74. The number of aryl methyl sites for hydroxylation is 1. The molecule has 1 aliphatic rings. The lowest BCUT2D eigenvalue weighted by Crippen LogP contribution is -2.41. The molecule has 0 unspecified atom stereocenters. The van der Waals surface area contributed by atoms with Crippen LogP contribution in [-0.2, 0) is 0 Å². The average molecular weight is 377 g/mol. The first kappa shape index (κ1) is 21.5. The van der Waals surface area contributed by atoms with Gasteiger partial charge in [0, 0.05) is 33.2 Å². The number of guanidine groups is 1. The lowest BCUT2D eigenvalue weighted by Gasteiger charge is -2.29. The maximum absolute atomic E-state index is 9.58. The van der Waals surface area contributed by atoms with E-state index in [4.69, 9.17) is 9.73 Å². The van der Waals surface area contributed by atoms with Crippen molar-refractivity contribution in [2.24, 2.45) is 4.99 Å². The molecule has 27 heavy (non-hydrogen) atoms. The highest BCUT2D eigenvalue weighted by molar-refractivity contribution is 5.79. The number of aliphatic imine (C=N–C) groups is 1. The summed E-state index contributed by atoms with van der Waals surface area (Å²) in [7, 11) is 2.05. The van der Waals surface area contributed by atoms with Gasteiger partial charge in [-0.1, -0.05) is 18.2 Å². The Morgan fingerprint density at radius 2 is 2.07 bits per heavy atom. The van der Waals surface area contributed by atoms with Crippen molar-refractivity contribution in [1.29, 1.82) is 0 Å². The van der Waals surface area contributed by atoms with Gasteiger partial charge in [-0.05, 0) is 51.3 Å². The summed E-state index contributed by atoms with van der Waals surface area (Å²) in [5.41, 5.74) is 1.16. The molecule has 2 rings (SSSR count). The number of nitrogens with zero attached hydrogens (tertiary/aromatic N) is 3. The topological polar surface area (TPSA) is 60.3 Å². The maximum atomic E-state index is 9.58. The van der Waals surface area contributed by atoms with Crippen LogP contribution in [0.5, 0.6) is 5.75 Å². The highest BCUT2D eigenvalue weighted by atomic mass is 16.5. The summed E-state index contributed by atoms with van der Waals surface area (Å²) in [6, 6.07) is 8.10. The molecule has 152 valence electrons. The summed E-state index contributed by atoms with van der Waals surface area (Å²) in [5, 5.41) is 12.9. The fourth-order valence-electron chi connectivity index (χ4n) is 3.21. The van der Waals surface area contributed by atoms with E-state index in [0.29, 0.717) is 6.61 Å². The van der Waals surface area contributed by atoms with Crippen LogP contribution in [0.3, 0.4) is 0 Å². The number of benzene rings is 1. The Labute approximate surface area is 164 Å². The van der Waals surface area contributed by atoms with Crippen LogP contribution in [0.25, 0.3) is 0 Å². The SMILES string of the molecule is CCNC(=NCCCN1CCC(O)CC1)N(C)CCOc1ccccc1C. The second-order valence-corrected chi connectivity index (χ2v) is 7.20. The standard InChI is InChI=1S/C21H36N4O2/c1-4-22-21(23-12-7-13-25-14-10-19(26)11-15-25)24(3)16-17-27-20-9-6-5-8-18(20)2/h5-6,8-9,19,26H,4,7,10-17H2,1-3H3,(H,22,23). The summed E-state index contributed by atoms with van der Waals surface area (Å²) in [4.78, 5) is 9.31. The van der Waals surface area contributed by atoms with Crippen molar-refractivity contribution < 1.29 is 9.84 Å². The Hall–Kier alpha value is -1.79. The molecular weight excluding hydrogens is 340 g/mol. The fourth-order valence-corrected chi connectivity index (χ4v) is 3.21. The van der Waals surface area contributed by atoms with E-state index in [2.05, 4.69) is 42.1 Å². The van der Waals surface area contributed by atoms with Gasteiger partial charge in [0.05, 0.1) is 12.6 Å². The van der Waals surface area contributed by atoms with Crippen molar-refractivity contribution in [1.82, 2.24) is 15.1 Å². The number of hydrogen-bond donors (Lipinski definition) is 2. The molecule has 1 aromatic rings. The van der Waals surface area contributed by atoms with Crippen LogP contribution in [-0.4, -0.2) is 79.9 Å². The van der Waals surface area contributed by atoms with Crippen LogP contribution in [0.2, 0.25) is 0 Å². The second kappa shape index (κ2) is 11.8. The number of likely N-dealkylation sites (N-methyl/N-ethyl adjacent to an activating group) is 1. The number of aliphatic hydroxyl groups excluding tert-OH is 1. The zero-order valence-corrected chi connectivity index (χ0v) is 17.2. The van der Waals surface area contributed by atoms with E-state index < -0.39 is 0 Å². The number of rotatable bonds is 9. The highest BCUT2D eigenvalue weighted by Crippen LogP contribution is 2.15. The molecule has 1 aromatic carbocycles. The van der Waals surface area contributed by atoms with Crippen molar-refractivity contribution in [3.05, 3.63) is 29.8 Å². The summed E-state index contributed by atoms with van der Waals surface area (Å²) >= 11 is 0. The third-order valence-corrected chi connectivity index (χ3v) is 4.93. The van der Waals surface area contributed by atoms with Crippen LogP contribution in [0.15, 0.2) is 29.3 Å². The van der Waals surface area contributed by atoms with Gasteiger partial charge in [-0.3, -0.25) is 4.99 Å². The lowest BCUT2D eigenvalue weighted by atomic mass is 10.1. The molecule has 0 bridgehead atoms. The van der Waals surface area contributed by atoms with E-state index in [1.165, 1.54) is 0 Å². The van der Waals surface area contributed by atoms with Crippen LogP contribution in [0.1, 0.15) is 31.7 Å². The lowest BCUT2D eigenvalue weighted by molar-refractivity contribution is 0.0824. The molecular formula is C21H36N4O2. The van der Waals surface area contributed by atoms with Gasteiger partial charge >= 0.3 is 0 Å². The molecule has 0 atom stereocenters. The normalized spacial score (nSPS) is 16.4. The average Bonchev–Trinajstić information content (AvgIpc) is 2.67. The number of hydrogen-bond acceptors (Lipinski definition) is 4. The van der Waals surface area contributed by atoms with Gasteiger partial charge in [0.1, 0.15) is 12.4 Å². The zero-order valence-electron chi connectivity index (χ0n) is 17.2. The van der Waals surface area contributed by atoms with Gasteiger partial charge in [0.25, 0.3) is 0 Å². The van der Waals surface area contributed by atoms with Crippen molar-refractivity contribution in [2.45, 2.75) is 39.2 Å². The Bertz CT molecular complexity index is 571. The molecule has 0 amide bonds. The van der Waals surface area contributed by atoms with Crippen molar-refractivity contribution in [3.8, 4) is 5.75 Å². The number of aliphatic hydroxyl groups is 1. The summed E-state index contributed by atoms with van der Waals surface area (Å²) in [6.45, 7) is 10.3. The molecule has 1 saturated heterocycles. The van der Waals surface area contributed by atoms with E-state index in [0.717, 1.165) is 75.8 Å². The van der Waals surface area contributed by atoms with Gasteiger partial charge in [0.2, 0.25) is 0 Å². The van der Waals surface area contributed by atoms with Crippen molar-refractivity contribution in [3.63, 3.8) is 0 Å². The van der Waals surface area contributed by atoms with E-state index in [9.17, 15) is 5.11 Å². The molecule has 1 heterocycles. The molecule has 0 radical (unpaired) electrons. The van der Waals surface area contributed by atoms with Crippen LogP contribution in [0, 0.1) is 6.92 Å². The van der Waals surface area contributed by atoms with Gasteiger partial charge in [-0.15, -0.1) is 0 Å². The number of nitrogens with one attached hydrogen (secondary N) is 1. The quantitative estimate of drug-likeness (QED) is 0.393. The molecule has 6 heteroatoms. The minimum atomic E-state index is -0.102. The first-order valence-electron chi connectivity index (χ1n) is 10.2. The van der Waals surface area contributed by atoms with E-state index in [1.54, 1.807) is 0 Å². The first-order valence-corrected chi connectivity index (χ1v) is 10.2. The predicted octanol–water partition coefficient (Wildman–Crippen LogP) is 2.12. The van der Waals surface area contributed by atoms with Crippen LogP contribution < -0.4 is 10.1 Å². The Balaban J connectivity index is 1.71. The smallest absolute Gasteiger partial charge is 0.193 e. The minimum Gasteiger partial charge on any atom is -0.491 e. The van der Waals surface area contributed by atoms with Crippen molar-refractivity contribution in [2.75, 3.05) is 52.9 Å². The van der Waals surface area contributed by atoms with Gasteiger partial charge in [-0.25, -0.2) is 0 Å². The number of ether oxygens (including phenoxy) is 1. The number of para-hydroxylation sites is 1. The molecule has 1 fully saturated rings. The number of piperidine rings is 1. The van der Waals surface area contributed by atoms with Gasteiger partial charge < -0.3 is 25.0 Å². The zero-order chi connectivity index (χ0) is 19.5. The van der Waals surface area contributed by atoms with E-state index >= 15 is 0 Å². The van der Waals surface area contributed by atoms with Crippen LogP contribution >= 0.6 is 0 Å². The van der Waals surface area contributed by atoms with Gasteiger partial charge in [-0.2, -0.15) is 0 Å². The Kier molecular flexibility index (Phi) is 9.42. The Morgan fingerprint density at radius 1 is 1.33 bits per heavy atom. The van der Waals surface area contributed by atoms with Crippen LogP contribution in [0.4, 0.5) is 0 Å². The predicted molar refractivity (Wildman–Crippen MR) is 112 cm³/mol. The first-order chi connectivity index (χ1) is 13.1. The largest absolute Gasteiger partial charge is 0.491 e. The van der Waals surface area contributed by atoms with Gasteiger partial charge in [0.15, 0.2) is 5.96 Å². The summed E-state index contributed by atoms with van der Waals surface area (Å²) in [5.74, 6) is 1.87. The Morgan fingerprint density at radius 3 is 2.78 bits per heavy atom. The third-order valence-electron chi connectivity index (χ3n) is 4.93. The highest BCUT2D eigenvalue weighted by Gasteiger charge is 2.16. The number of likely N-dealkylation sites (tertiary alicyclic amines) is 1. The minimum absolute atomic E-state index is 0.102. The van der Waals surface area contributed by atoms with E-state index in [1.807, 2.05) is 18.2 Å². The van der Waals surface area contributed by atoms with Crippen molar-refractivity contribution >= 4 is 5.96 Å². The molecule has 0 aliphatic carbocycles. The molecule has 0 spiro atoms. The molecule has 6 nitrogen and oxygen atoms in total. The molecule has 0 aromatic heterocycles. The molecule has 1 aliphatic heterocycles. The third kappa shape index (κ3) is 7.77. The molecule has 2 N–H and O–H groups in total. The second-order valence-electron chi connectivity index (χ2n) is 7.20. The summed E-state index contributed by atoms with van der Waals surface area (Å²) < 4.78 is 5.90. The fraction of sp³-hybridized carbons (Fsp3) is 0.667. The maximum Gasteiger partial charge on any atom is 0.193 e. The van der Waals surface area contributed by atoms with E-state index in [-0.39, 0.29) is 6.10 Å². The molecule has 0 saturated carbocycles. The monoisotopic (exact) mass is 376 g/mol.